The molecule has 6 rings (SSSR count). The quantitative estimate of drug-likeness (QED) is 0.149. The van der Waals surface area contributed by atoms with E-state index in [0.29, 0.717) is 4.09 Å². The third-order valence-electron chi connectivity index (χ3n) is 9.44. The zero-order valence-electron chi connectivity index (χ0n) is 30.2. The molecule has 1 amide bonds. The van der Waals surface area contributed by atoms with E-state index in [1.54, 1.807) is 20.8 Å². The molecule has 0 spiro atoms. The first-order valence-electron chi connectivity index (χ1n) is 16.9. The standard InChI is InChI=1S/C35H35ClF6N8O5S/c1-32(2,3)17-34(23-7-5-19(11-25(23)37)21-14-45-48(15-21)56(4,53)54)30(52)49(31(43)47-34)29(55-16-22(51)13-33(9-10-33)35(40,41)42)20-6-8-24(36)26(12-20)50-28(27(38)39)44-18-46-50/h5-8,11-12,14-15,18,27,29H,9-10,13,16-17H2,1-4H3,(H2,43,47)/t29-,34-/m1/s1. The van der Waals surface area contributed by atoms with Crippen molar-refractivity contribution in [1.29, 1.82) is 0 Å². The van der Waals surface area contributed by atoms with Gasteiger partial charge >= 0.3 is 6.18 Å². The minimum Gasteiger partial charge on any atom is -0.369 e. The number of nitrogens with zero attached hydrogens (tertiary/aromatic N) is 7. The van der Waals surface area contributed by atoms with E-state index in [2.05, 4.69) is 20.2 Å². The van der Waals surface area contributed by atoms with Crippen LogP contribution in [0.3, 0.4) is 0 Å². The zero-order valence-corrected chi connectivity index (χ0v) is 31.8. The van der Waals surface area contributed by atoms with Gasteiger partial charge in [0.25, 0.3) is 22.4 Å². The van der Waals surface area contributed by atoms with Gasteiger partial charge in [-0.25, -0.2) is 41.1 Å². The number of carbonyl (C=O) groups is 2. The van der Waals surface area contributed by atoms with E-state index in [0.717, 1.165) is 28.2 Å². The summed E-state index contributed by atoms with van der Waals surface area (Å²) >= 11 is 6.39. The van der Waals surface area contributed by atoms with Crippen LogP contribution in [0.1, 0.15) is 76.1 Å². The second-order valence-corrected chi connectivity index (χ2v) is 17.2. The maximum atomic E-state index is 16.4. The number of aromatic nitrogens is 5. The van der Waals surface area contributed by atoms with Gasteiger partial charge in [0, 0.05) is 23.1 Å². The first kappa shape index (κ1) is 40.8. The summed E-state index contributed by atoms with van der Waals surface area (Å²) in [6.07, 6.45) is -6.83. The van der Waals surface area contributed by atoms with Crippen molar-refractivity contribution in [3.8, 4) is 16.8 Å². The Morgan fingerprint density at radius 1 is 1.07 bits per heavy atom. The number of hydrogen-bond acceptors (Lipinski definition) is 10. The number of nitrogens with two attached hydrogens (primary N) is 1. The second kappa shape index (κ2) is 14.3. The number of rotatable bonds is 13. The molecular formula is C35H35ClF6N8O5S. The maximum Gasteiger partial charge on any atom is 0.394 e. The molecule has 1 aliphatic carbocycles. The van der Waals surface area contributed by atoms with Crippen LogP contribution in [0.5, 0.6) is 0 Å². The summed E-state index contributed by atoms with van der Waals surface area (Å²) < 4.78 is 117. The minimum absolute atomic E-state index is 0.0401. The molecule has 1 saturated carbocycles. The van der Waals surface area contributed by atoms with E-state index < -0.39 is 87.5 Å². The molecule has 4 aromatic rings. The molecular weight excluding hydrogens is 794 g/mol. The van der Waals surface area contributed by atoms with E-state index in [9.17, 15) is 40.0 Å². The Labute approximate surface area is 321 Å². The molecule has 3 heterocycles. The van der Waals surface area contributed by atoms with Crippen LogP contribution in [0.25, 0.3) is 16.8 Å². The molecule has 1 fully saturated rings. The first-order valence-corrected chi connectivity index (χ1v) is 19.1. The molecule has 0 saturated heterocycles. The maximum absolute atomic E-state index is 16.4. The van der Waals surface area contributed by atoms with Crippen molar-refractivity contribution in [2.24, 2.45) is 21.6 Å². The fourth-order valence-electron chi connectivity index (χ4n) is 6.71. The molecule has 0 radical (unpaired) electrons. The fourth-order valence-corrected chi connectivity index (χ4v) is 7.43. The third kappa shape index (κ3) is 7.77. The van der Waals surface area contributed by atoms with Crippen LogP contribution in [0, 0.1) is 16.6 Å². The molecule has 2 aromatic carbocycles. The topological polar surface area (TPSA) is 168 Å². The molecule has 2 N–H and O–H groups in total. The highest BCUT2D eigenvalue weighted by Crippen LogP contribution is 2.60. The van der Waals surface area contributed by atoms with Crippen LogP contribution in [0.4, 0.5) is 26.3 Å². The highest BCUT2D eigenvalue weighted by atomic mass is 35.5. The lowest BCUT2D eigenvalue weighted by molar-refractivity contribution is -0.191. The number of ketones is 1. The molecule has 300 valence electrons. The van der Waals surface area contributed by atoms with Crippen LogP contribution >= 0.6 is 11.6 Å². The summed E-state index contributed by atoms with van der Waals surface area (Å²) in [6.45, 7) is 4.33. The normalized spacial score (nSPS) is 19.1. The van der Waals surface area contributed by atoms with Gasteiger partial charge in [0.1, 0.15) is 18.8 Å². The highest BCUT2D eigenvalue weighted by molar-refractivity contribution is 7.89. The van der Waals surface area contributed by atoms with Gasteiger partial charge in [-0.05, 0) is 48.4 Å². The fraction of sp³-hybridized carbons (Fsp3) is 0.429. The van der Waals surface area contributed by atoms with Crippen molar-refractivity contribution in [3.63, 3.8) is 0 Å². The van der Waals surface area contributed by atoms with Gasteiger partial charge < -0.3 is 10.5 Å². The van der Waals surface area contributed by atoms with Gasteiger partial charge in [-0.2, -0.15) is 27.5 Å². The monoisotopic (exact) mass is 828 g/mol. The van der Waals surface area contributed by atoms with Crippen LogP contribution in [0.2, 0.25) is 5.02 Å². The number of Topliss-reactive ketones (excluding diaryl/α,β-unsaturated/α-hetero) is 1. The Morgan fingerprint density at radius 2 is 1.77 bits per heavy atom. The van der Waals surface area contributed by atoms with Gasteiger partial charge in [-0.1, -0.05) is 50.6 Å². The van der Waals surface area contributed by atoms with E-state index in [1.807, 2.05) is 0 Å². The summed E-state index contributed by atoms with van der Waals surface area (Å²) in [6, 6.07) is 7.55. The van der Waals surface area contributed by atoms with Crippen molar-refractivity contribution < 1.29 is 49.1 Å². The highest BCUT2D eigenvalue weighted by Gasteiger charge is 2.63. The Kier molecular flexibility index (Phi) is 10.4. The SMILES string of the molecule is CC(C)(C)C[C@]1(c2ccc(-c3cnn(S(C)(=O)=O)c3)cc2F)N=C(N)N([C@H](OCC(=O)CC2(C(F)(F)F)CC2)c2ccc(Cl)c(-n3ncnc3C(F)F)c2)C1=O. The molecule has 2 aliphatic rings. The zero-order chi connectivity index (χ0) is 41.2. The van der Waals surface area contributed by atoms with E-state index in [4.69, 9.17) is 22.1 Å². The van der Waals surface area contributed by atoms with Crippen molar-refractivity contribution >= 4 is 39.3 Å². The summed E-state index contributed by atoms with van der Waals surface area (Å²) in [7, 11) is -3.75. The number of benzene rings is 2. The summed E-state index contributed by atoms with van der Waals surface area (Å²) in [5.41, 5.74) is 1.45. The van der Waals surface area contributed by atoms with Gasteiger partial charge in [-0.15, -0.1) is 0 Å². The Hall–Kier alpha value is -4.82. The lowest BCUT2D eigenvalue weighted by atomic mass is 9.75. The first-order chi connectivity index (χ1) is 26.0. The van der Waals surface area contributed by atoms with Crippen LogP contribution < -0.4 is 5.73 Å². The number of halogens is 7. The summed E-state index contributed by atoms with van der Waals surface area (Å²) in [5, 5.41) is 7.53. The van der Waals surface area contributed by atoms with Crippen LogP contribution in [-0.2, 0) is 29.9 Å². The molecule has 1 aliphatic heterocycles. The van der Waals surface area contributed by atoms with E-state index in [-0.39, 0.29) is 52.2 Å². The number of hydrogen-bond donors (Lipinski definition) is 1. The minimum atomic E-state index is -4.64. The molecule has 13 nitrogen and oxygen atoms in total. The Morgan fingerprint density at radius 3 is 2.34 bits per heavy atom. The van der Waals surface area contributed by atoms with Gasteiger partial charge in [0.2, 0.25) is 5.96 Å². The van der Waals surface area contributed by atoms with Crippen molar-refractivity contribution in [2.75, 3.05) is 12.9 Å². The molecule has 2 aromatic heterocycles. The Bertz CT molecular complexity index is 2340. The van der Waals surface area contributed by atoms with Gasteiger partial charge in [0.15, 0.2) is 23.4 Å². The van der Waals surface area contributed by atoms with Crippen molar-refractivity contribution in [3.05, 3.63) is 82.9 Å². The molecule has 0 unspecified atom stereocenters. The molecule has 0 bridgehead atoms. The van der Waals surface area contributed by atoms with Gasteiger partial charge in [-0.3, -0.25) is 9.59 Å². The Balaban J connectivity index is 1.43. The largest absolute Gasteiger partial charge is 0.394 e. The lowest BCUT2D eigenvalue weighted by Gasteiger charge is -2.35. The number of ether oxygens (including phenoxy) is 1. The van der Waals surface area contributed by atoms with Crippen LogP contribution in [0.15, 0.2) is 60.1 Å². The summed E-state index contributed by atoms with van der Waals surface area (Å²) in [4.78, 5) is 36.9. The third-order valence-corrected chi connectivity index (χ3v) is 10.6. The van der Waals surface area contributed by atoms with E-state index >= 15 is 4.39 Å². The number of aliphatic imine (C=N–C) groups is 1. The molecule has 21 heteroatoms. The van der Waals surface area contributed by atoms with Crippen molar-refractivity contribution in [1.82, 2.24) is 28.9 Å². The number of amides is 1. The number of alkyl halides is 5. The smallest absolute Gasteiger partial charge is 0.369 e. The molecule has 2 atom stereocenters. The van der Waals surface area contributed by atoms with Gasteiger partial charge in [0.05, 0.1) is 34.8 Å². The van der Waals surface area contributed by atoms with E-state index in [1.165, 1.54) is 42.7 Å². The summed E-state index contributed by atoms with van der Waals surface area (Å²) in [5.74, 6) is -4.13. The molecule has 56 heavy (non-hydrogen) atoms. The number of carbonyl (C=O) groups excluding carboxylic acids is 2. The van der Waals surface area contributed by atoms with Crippen molar-refractivity contribution in [2.45, 2.75) is 70.8 Å². The number of guanidine groups is 1. The van der Waals surface area contributed by atoms with Crippen LogP contribution in [-0.4, -0.2) is 74.0 Å². The average Bonchev–Trinajstić information content (AvgIpc) is 3.40. The lowest BCUT2D eigenvalue weighted by Crippen LogP contribution is -2.47. The second-order valence-electron chi connectivity index (χ2n) is 15.0. The predicted octanol–water partition coefficient (Wildman–Crippen LogP) is 6.47. The predicted molar refractivity (Wildman–Crippen MR) is 189 cm³/mol. The average molecular weight is 829 g/mol.